The second-order valence-electron chi connectivity index (χ2n) is 1.73. The van der Waals surface area contributed by atoms with E-state index < -0.39 is 0 Å². The summed E-state index contributed by atoms with van der Waals surface area (Å²) < 4.78 is 1.74. The number of thiazole rings is 1. The van der Waals surface area contributed by atoms with Crippen LogP contribution < -0.4 is 4.80 Å². The van der Waals surface area contributed by atoms with E-state index in [0.717, 1.165) is 5.69 Å². The van der Waals surface area contributed by atoms with Crippen LogP contribution in [0.15, 0.2) is 12.0 Å². The van der Waals surface area contributed by atoms with E-state index in [0.29, 0.717) is 4.80 Å². The molecule has 48 valence electrons. The van der Waals surface area contributed by atoms with Crippen LogP contribution in [0.2, 0.25) is 0 Å². The van der Waals surface area contributed by atoms with Crippen molar-refractivity contribution in [3.05, 3.63) is 22.5 Å². The summed E-state index contributed by atoms with van der Waals surface area (Å²) >= 11 is 1.41. The number of nitrogens with one attached hydrogen (secondary N) is 1. The molecule has 1 aromatic heterocycles. The Kier molecular flexibility index (Phi) is 1.53. The number of nitrogens with zero attached hydrogens (tertiary/aromatic N) is 1. The van der Waals surface area contributed by atoms with Crippen molar-refractivity contribution >= 4 is 17.5 Å². The van der Waals surface area contributed by atoms with Gasteiger partial charge in [0.25, 0.3) is 0 Å². The lowest BCUT2D eigenvalue weighted by molar-refractivity contribution is 0.991. The normalized spacial score (nSPS) is 9.44. The fourth-order valence-electron chi connectivity index (χ4n) is 0.642. The van der Waals surface area contributed by atoms with Crippen LogP contribution in [0.4, 0.5) is 0 Å². The number of rotatable bonds is 1. The number of aryl methyl sites for hydroxylation is 1. The molecule has 3 heteroatoms. The molecule has 0 radical (unpaired) electrons. The third-order valence-electron chi connectivity index (χ3n) is 1.12. The van der Waals surface area contributed by atoms with Crippen LogP contribution in [-0.2, 0) is 0 Å². The monoisotopic (exact) mass is 140 g/mol. The molecule has 2 nitrogen and oxygen atoms in total. The van der Waals surface area contributed by atoms with Gasteiger partial charge in [-0.2, -0.15) is 0 Å². The molecule has 0 spiro atoms. The maximum atomic E-state index is 7.30. The topological polar surface area (TPSA) is 28.8 Å². The van der Waals surface area contributed by atoms with E-state index in [1.54, 1.807) is 10.8 Å². The van der Waals surface area contributed by atoms with Crippen LogP contribution in [0.1, 0.15) is 5.69 Å². The molecule has 0 bridgehead atoms. The van der Waals surface area contributed by atoms with Gasteiger partial charge in [0.2, 0.25) is 0 Å². The summed E-state index contributed by atoms with van der Waals surface area (Å²) in [5.41, 5.74) is 1.07. The third-order valence-corrected chi connectivity index (χ3v) is 2.00. The molecule has 0 fully saturated rings. The maximum Gasteiger partial charge on any atom is 0.186 e. The predicted molar refractivity (Wildman–Crippen MR) is 39.3 cm³/mol. The van der Waals surface area contributed by atoms with Crippen LogP contribution in [-0.4, -0.2) is 4.57 Å². The van der Waals surface area contributed by atoms with Crippen molar-refractivity contribution in [3.63, 3.8) is 0 Å². The van der Waals surface area contributed by atoms with Gasteiger partial charge >= 0.3 is 0 Å². The van der Waals surface area contributed by atoms with E-state index in [-0.39, 0.29) is 0 Å². The summed E-state index contributed by atoms with van der Waals surface area (Å²) in [5, 5.41) is 9.24. The average molecular weight is 140 g/mol. The van der Waals surface area contributed by atoms with Crippen LogP contribution in [0.3, 0.4) is 0 Å². The Hall–Kier alpha value is -0.830. The van der Waals surface area contributed by atoms with Gasteiger partial charge in [0.05, 0.1) is 0 Å². The largest absolute Gasteiger partial charge is 0.298 e. The Labute approximate surface area is 57.6 Å². The zero-order valence-electron chi connectivity index (χ0n) is 5.22. The van der Waals surface area contributed by atoms with Gasteiger partial charge in [-0.1, -0.05) is 6.58 Å². The second-order valence-corrected chi connectivity index (χ2v) is 2.59. The highest BCUT2D eigenvalue weighted by Crippen LogP contribution is 1.97. The summed E-state index contributed by atoms with van der Waals surface area (Å²) in [6, 6.07) is 0. The Balaban J connectivity index is 3.40. The van der Waals surface area contributed by atoms with Gasteiger partial charge < -0.3 is 0 Å². The molecule has 0 amide bonds. The van der Waals surface area contributed by atoms with E-state index >= 15 is 0 Å². The molecule has 1 N–H and O–H groups in total. The van der Waals surface area contributed by atoms with Crippen molar-refractivity contribution in [2.24, 2.45) is 0 Å². The van der Waals surface area contributed by atoms with Crippen molar-refractivity contribution in [2.45, 2.75) is 6.92 Å². The molecule has 0 aliphatic heterocycles. The van der Waals surface area contributed by atoms with Crippen LogP contribution in [0.25, 0.3) is 6.20 Å². The highest BCUT2D eigenvalue weighted by atomic mass is 32.1. The van der Waals surface area contributed by atoms with E-state index in [4.69, 9.17) is 5.41 Å². The SMILES string of the molecule is C=Cn1c(C)csc1=N. The predicted octanol–water partition coefficient (Wildman–Crippen LogP) is 1.44. The van der Waals surface area contributed by atoms with Crippen molar-refractivity contribution < 1.29 is 0 Å². The summed E-state index contributed by atoms with van der Waals surface area (Å²) in [6.45, 7) is 5.53. The molecule has 1 rings (SSSR count). The number of aromatic nitrogens is 1. The van der Waals surface area contributed by atoms with Gasteiger partial charge in [0.15, 0.2) is 4.80 Å². The first kappa shape index (κ1) is 6.29. The standard InChI is InChI=1S/C6H8N2S/c1-3-8-5(2)4-9-6(8)7/h3-4,7H,1H2,2H3. The molecule has 1 heterocycles. The molecule has 9 heavy (non-hydrogen) atoms. The summed E-state index contributed by atoms with van der Waals surface area (Å²) in [7, 11) is 0. The molecule has 0 aromatic carbocycles. The summed E-state index contributed by atoms with van der Waals surface area (Å²) in [5.74, 6) is 0. The van der Waals surface area contributed by atoms with Crippen molar-refractivity contribution in [3.8, 4) is 0 Å². The average Bonchev–Trinajstić information content (AvgIpc) is 2.12. The molecule has 1 aromatic rings. The molecule has 0 aliphatic carbocycles. The minimum Gasteiger partial charge on any atom is -0.298 e. The first-order chi connectivity index (χ1) is 4.25. The van der Waals surface area contributed by atoms with E-state index in [1.165, 1.54) is 11.3 Å². The molecule has 0 atom stereocenters. The minimum atomic E-state index is 0.530. The molecular weight excluding hydrogens is 132 g/mol. The Morgan fingerprint density at radius 2 is 2.56 bits per heavy atom. The highest BCUT2D eigenvalue weighted by Gasteiger charge is 1.91. The molecule has 0 saturated carbocycles. The van der Waals surface area contributed by atoms with Crippen molar-refractivity contribution in [1.29, 1.82) is 5.41 Å². The smallest absolute Gasteiger partial charge is 0.186 e. The molecular formula is C6H8N2S. The molecule has 0 aliphatic rings. The first-order valence-corrected chi connectivity index (χ1v) is 3.47. The number of hydrogen-bond acceptors (Lipinski definition) is 2. The van der Waals surface area contributed by atoms with Gasteiger partial charge in [-0.3, -0.25) is 9.98 Å². The summed E-state index contributed by atoms with van der Waals surface area (Å²) in [6.07, 6.45) is 1.65. The van der Waals surface area contributed by atoms with E-state index in [2.05, 4.69) is 6.58 Å². The Morgan fingerprint density at radius 3 is 2.78 bits per heavy atom. The molecule has 0 unspecified atom stereocenters. The lowest BCUT2D eigenvalue weighted by Gasteiger charge is -1.91. The van der Waals surface area contributed by atoms with Crippen LogP contribution >= 0.6 is 11.3 Å². The molecule has 0 saturated heterocycles. The lowest BCUT2D eigenvalue weighted by atomic mass is 10.5. The fourth-order valence-corrected chi connectivity index (χ4v) is 1.37. The Morgan fingerprint density at radius 1 is 1.89 bits per heavy atom. The highest BCUT2D eigenvalue weighted by molar-refractivity contribution is 7.07. The van der Waals surface area contributed by atoms with Gasteiger partial charge in [0.1, 0.15) is 0 Å². The van der Waals surface area contributed by atoms with Crippen molar-refractivity contribution in [1.82, 2.24) is 4.57 Å². The summed E-state index contributed by atoms with van der Waals surface area (Å²) in [4.78, 5) is 0.530. The first-order valence-electron chi connectivity index (χ1n) is 2.59. The third kappa shape index (κ3) is 0.954. The van der Waals surface area contributed by atoms with E-state index in [1.807, 2.05) is 12.3 Å². The van der Waals surface area contributed by atoms with Gasteiger partial charge in [-0.25, -0.2) is 0 Å². The Bertz CT molecular complexity index is 269. The zero-order valence-corrected chi connectivity index (χ0v) is 6.03. The quantitative estimate of drug-likeness (QED) is 0.611. The van der Waals surface area contributed by atoms with Gasteiger partial charge in [-0.15, -0.1) is 11.3 Å². The zero-order chi connectivity index (χ0) is 6.85. The van der Waals surface area contributed by atoms with Gasteiger partial charge in [-0.05, 0) is 6.92 Å². The van der Waals surface area contributed by atoms with E-state index in [9.17, 15) is 0 Å². The maximum absolute atomic E-state index is 7.30. The van der Waals surface area contributed by atoms with Crippen molar-refractivity contribution in [2.75, 3.05) is 0 Å². The number of hydrogen-bond donors (Lipinski definition) is 1. The lowest BCUT2D eigenvalue weighted by Crippen LogP contribution is -2.06. The van der Waals surface area contributed by atoms with Gasteiger partial charge in [0, 0.05) is 17.3 Å². The van der Waals surface area contributed by atoms with Crippen LogP contribution in [0, 0.1) is 12.3 Å². The minimum absolute atomic E-state index is 0.530. The second kappa shape index (κ2) is 2.19. The fraction of sp³-hybridized carbons (Fsp3) is 0.167. The van der Waals surface area contributed by atoms with Crippen LogP contribution in [0.5, 0.6) is 0 Å².